The number of hydrogen-bond donors (Lipinski definition) is 1. The van der Waals surface area contributed by atoms with Crippen molar-refractivity contribution in [1.29, 1.82) is 10.5 Å². The summed E-state index contributed by atoms with van der Waals surface area (Å²) in [5, 5.41) is 20.9. The molecule has 1 heterocycles. The number of hydrazone groups is 1. The number of anilines is 1. The van der Waals surface area contributed by atoms with Crippen LogP contribution in [0.3, 0.4) is 0 Å². The molecule has 1 N–H and O–H groups in total. The van der Waals surface area contributed by atoms with Crippen LogP contribution in [0.15, 0.2) is 34.3 Å². The number of hydrogen-bond acceptors (Lipinski definition) is 6. The lowest BCUT2D eigenvalue weighted by Crippen LogP contribution is -2.47. The zero-order valence-corrected chi connectivity index (χ0v) is 14.4. The van der Waals surface area contributed by atoms with Gasteiger partial charge in [-0.3, -0.25) is 5.43 Å². The van der Waals surface area contributed by atoms with Crippen molar-refractivity contribution in [3.8, 4) is 12.1 Å². The van der Waals surface area contributed by atoms with E-state index in [1.165, 1.54) is 12.1 Å². The van der Waals surface area contributed by atoms with Crippen LogP contribution in [0.5, 0.6) is 0 Å². The first kappa shape index (κ1) is 17.9. The standard InChI is InChI=1S/C16H19N5O2S/c1-12-4-3-5-13(2)21(12)24(22,23)16-8-6-14(7-9-16)19-20-15(10-17)11-18/h6-9,12-13,19H,3-5H2,1-2H3. The molecule has 1 aliphatic heterocycles. The highest BCUT2D eigenvalue weighted by molar-refractivity contribution is 7.89. The fourth-order valence-corrected chi connectivity index (χ4v) is 4.77. The molecule has 126 valence electrons. The van der Waals surface area contributed by atoms with Crippen molar-refractivity contribution in [2.24, 2.45) is 5.10 Å². The minimum Gasteiger partial charge on any atom is -0.277 e. The Hall–Kier alpha value is -2.42. The molecule has 0 saturated carbocycles. The largest absolute Gasteiger partial charge is 0.277 e. The van der Waals surface area contributed by atoms with Gasteiger partial charge in [0.05, 0.1) is 10.6 Å². The van der Waals surface area contributed by atoms with Gasteiger partial charge in [-0.25, -0.2) is 8.42 Å². The van der Waals surface area contributed by atoms with Crippen LogP contribution in [-0.2, 0) is 10.0 Å². The second-order valence-corrected chi connectivity index (χ2v) is 7.63. The average Bonchev–Trinajstić information content (AvgIpc) is 2.56. The van der Waals surface area contributed by atoms with E-state index in [2.05, 4.69) is 10.5 Å². The van der Waals surface area contributed by atoms with Gasteiger partial charge in [0.1, 0.15) is 12.1 Å². The highest BCUT2D eigenvalue weighted by atomic mass is 32.2. The minimum absolute atomic E-state index is 0.0185. The van der Waals surface area contributed by atoms with E-state index >= 15 is 0 Å². The van der Waals surface area contributed by atoms with Crippen LogP contribution in [-0.4, -0.2) is 30.5 Å². The van der Waals surface area contributed by atoms with E-state index in [0.29, 0.717) is 5.69 Å². The molecule has 2 unspecified atom stereocenters. The van der Waals surface area contributed by atoms with Crippen LogP contribution in [0.4, 0.5) is 5.69 Å². The van der Waals surface area contributed by atoms with Crippen molar-refractivity contribution in [1.82, 2.24) is 4.31 Å². The normalized spacial score (nSPS) is 21.3. The Morgan fingerprint density at radius 3 is 2.21 bits per heavy atom. The molecule has 0 radical (unpaired) electrons. The van der Waals surface area contributed by atoms with Gasteiger partial charge in [-0.05, 0) is 51.0 Å². The lowest BCUT2D eigenvalue weighted by molar-refractivity contribution is 0.204. The van der Waals surface area contributed by atoms with Gasteiger partial charge in [-0.2, -0.15) is 19.9 Å². The predicted molar refractivity (Wildman–Crippen MR) is 90.5 cm³/mol. The van der Waals surface area contributed by atoms with Crippen molar-refractivity contribution in [3.63, 3.8) is 0 Å². The first-order chi connectivity index (χ1) is 11.4. The number of sulfonamides is 1. The van der Waals surface area contributed by atoms with Crippen molar-refractivity contribution >= 4 is 21.4 Å². The molecule has 0 spiro atoms. The van der Waals surface area contributed by atoms with Crippen LogP contribution in [0.1, 0.15) is 33.1 Å². The van der Waals surface area contributed by atoms with E-state index in [9.17, 15) is 8.42 Å². The summed E-state index contributed by atoms with van der Waals surface area (Å²) in [6, 6.07) is 9.35. The van der Waals surface area contributed by atoms with Crippen molar-refractivity contribution in [2.75, 3.05) is 5.43 Å². The minimum atomic E-state index is -3.55. The molecule has 0 bridgehead atoms. The summed E-state index contributed by atoms with van der Waals surface area (Å²) in [7, 11) is -3.55. The van der Waals surface area contributed by atoms with Crippen LogP contribution in [0.25, 0.3) is 0 Å². The first-order valence-corrected chi connectivity index (χ1v) is 9.11. The van der Waals surface area contributed by atoms with Crippen LogP contribution in [0, 0.1) is 22.7 Å². The van der Waals surface area contributed by atoms with Gasteiger partial charge in [0.2, 0.25) is 15.7 Å². The second kappa shape index (κ2) is 7.43. The Kier molecular flexibility index (Phi) is 5.55. The number of benzene rings is 1. The monoisotopic (exact) mass is 345 g/mol. The molecule has 1 aromatic rings. The second-order valence-electron chi connectivity index (χ2n) is 5.78. The van der Waals surface area contributed by atoms with Gasteiger partial charge in [0, 0.05) is 12.1 Å². The predicted octanol–water partition coefficient (Wildman–Crippen LogP) is 2.45. The molecule has 2 atom stereocenters. The third-order valence-electron chi connectivity index (χ3n) is 4.05. The summed E-state index contributed by atoms with van der Waals surface area (Å²) in [5.74, 6) is 0. The first-order valence-electron chi connectivity index (χ1n) is 7.67. The van der Waals surface area contributed by atoms with Gasteiger partial charge >= 0.3 is 0 Å². The van der Waals surface area contributed by atoms with Crippen LogP contribution in [0.2, 0.25) is 0 Å². The topological polar surface area (TPSA) is 109 Å². The lowest BCUT2D eigenvalue weighted by atomic mass is 10.0. The van der Waals surface area contributed by atoms with E-state index in [-0.39, 0.29) is 22.7 Å². The molecule has 1 fully saturated rings. The molecular formula is C16H19N5O2S. The quantitative estimate of drug-likeness (QED) is 0.666. The van der Waals surface area contributed by atoms with E-state index in [1.54, 1.807) is 28.6 Å². The summed E-state index contributed by atoms with van der Waals surface area (Å²) >= 11 is 0. The summed E-state index contributed by atoms with van der Waals surface area (Å²) in [6.07, 6.45) is 2.77. The van der Waals surface area contributed by atoms with Crippen LogP contribution < -0.4 is 5.43 Å². The van der Waals surface area contributed by atoms with Crippen LogP contribution >= 0.6 is 0 Å². The van der Waals surface area contributed by atoms with E-state index < -0.39 is 10.0 Å². The Morgan fingerprint density at radius 2 is 1.71 bits per heavy atom. The van der Waals surface area contributed by atoms with E-state index in [0.717, 1.165) is 19.3 Å². The van der Waals surface area contributed by atoms with Gasteiger partial charge in [-0.15, -0.1) is 0 Å². The molecule has 0 aliphatic carbocycles. The smallest absolute Gasteiger partial charge is 0.243 e. The highest BCUT2D eigenvalue weighted by Crippen LogP contribution is 2.29. The number of nitriles is 2. The third kappa shape index (κ3) is 3.73. The molecular weight excluding hydrogens is 326 g/mol. The summed E-state index contributed by atoms with van der Waals surface area (Å²) in [6.45, 7) is 3.87. The Bertz CT molecular complexity index is 776. The molecule has 24 heavy (non-hydrogen) atoms. The molecule has 1 aliphatic rings. The number of nitrogens with zero attached hydrogens (tertiary/aromatic N) is 4. The fraction of sp³-hybridized carbons (Fsp3) is 0.438. The molecule has 8 heteroatoms. The van der Waals surface area contributed by atoms with E-state index in [1.807, 2.05) is 13.8 Å². The zero-order valence-electron chi connectivity index (χ0n) is 13.6. The number of piperidine rings is 1. The van der Waals surface area contributed by atoms with Gasteiger partial charge < -0.3 is 0 Å². The molecule has 7 nitrogen and oxygen atoms in total. The number of rotatable bonds is 4. The molecule has 2 rings (SSSR count). The molecule has 1 aromatic carbocycles. The SMILES string of the molecule is CC1CCCC(C)N1S(=O)(=O)c1ccc(NN=C(C#N)C#N)cc1. The van der Waals surface area contributed by atoms with Crippen molar-refractivity contribution in [3.05, 3.63) is 24.3 Å². The molecule has 0 aromatic heterocycles. The van der Waals surface area contributed by atoms with Gasteiger partial charge in [0.25, 0.3) is 0 Å². The van der Waals surface area contributed by atoms with Crippen molar-refractivity contribution in [2.45, 2.75) is 50.1 Å². The summed E-state index contributed by atoms with van der Waals surface area (Å²) in [5.41, 5.74) is 2.75. The maximum Gasteiger partial charge on any atom is 0.243 e. The maximum absolute atomic E-state index is 12.9. The Labute approximate surface area is 142 Å². The average molecular weight is 345 g/mol. The van der Waals surface area contributed by atoms with Gasteiger partial charge in [0.15, 0.2) is 0 Å². The zero-order chi connectivity index (χ0) is 17.7. The summed E-state index contributed by atoms with van der Waals surface area (Å²) in [4.78, 5) is 0.221. The Morgan fingerprint density at radius 1 is 1.17 bits per heavy atom. The Balaban J connectivity index is 2.22. The number of nitrogens with one attached hydrogen (secondary N) is 1. The maximum atomic E-state index is 12.9. The van der Waals surface area contributed by atoms with Gasteiger partial charge in [-0.1, -0.05) is 6.42 Å². The van der Waals surface area contributed by atoms with E-state index in [4.69, 9.17) is 10.5 Å². The van der Waals surface area contributed by atoms with Crippen molar-refractivity contribution < 1.29 is 8.42 Å². The summed E-state index contributed by atoms with van der Waals surface area (Å²) < 4.78 is 27.3. The third-order valence-corrected chi connectivity index (χ3v) is 6.19. The highest BCUT2D eigenvalue weighted by Gasteiger charge is 2.35. The lowest BCUT2D eigenvalue weighted by Gasteiger charge is -2.37. The fourth-order valence-electron chi connectivity index (χ4n) is 2.89. The molecule has 0 amide bonds. The molecule has 1 saturated heterocycles.